The van der Waals surface area contributed by atoms with Gasteiger partial charge in [0.15, 0.2) is 0 Å². The quantitative estimate of drug-likeness (QED) is 0.717. The maximum atomic E-state index is 12.9. The lowest BCUT2D eigenvalue weighted by atomic mass is 10.0. The molecule has 142 valence electrons. The van der Waals surface area contributed by atoms with Crippen LogP contribution in [0.15, 0.2) is 59.5 Å². The van der Waals surface area contributed by atoms with E-state index in [1.807, 2.05) is 53.4 Å². The second kappa shape index (κ2) is 9.81. The van der Waals surface area contributed by atoms with Crippen molar-refractivity contribution in [2.45, 2.75) is 30.2 Å². The van der Waals surface area contributed by atoms with Gasteiger partial charge in [-0.2, -0.15) is 0 Å². The van der Waals surface area contributed by atoms with Gasteiger partial charge in [0.2, 0.25) is 11.8 Å². The summed E-state index contributed by atoms with van der Waals surface area (Å²) in [4.78, 5) is 28.1. The van der Waals surface area contributed by atoms with Gasteiger partial charge in [-0.25, -0.2) is 0 Å². The molecule has 1 fully saturated rings. The lowest BCUT2D eigenvalue weighted by molar-refractivity contribution is -0.135. The Balaban J connectivity index is 1.63. The molecule has 2 aromatic carbocycles. The van der Waals surface area contributed by atoms with Gasteiger partial charge in [-0.3, -0.25) is 9.59 Å². The summed E-state index contributed by atoms with van der Waals surface area (Å²) in [5, 5.41) is 3.57. The first-order valence-electron chi connectivity index (χ1n) is 9.13. The van der Waals surface area contributed by atoms with Crippen LogP contribution in [0.5, 0.6) is 0 Å². The average molecular weight is 403 g/mol. The molecule has 0 radical (unpaired) electrons. The molecule has 1 saturated heterocycles. The van der Waals surface area contributed by atoms with Gasteiger partial charge < -0.3 is 10.2 Å². The molecule has 4 nitrogen and oxygen atoms in total. The smallest absolute Gasteiger partial charge is 0.245 e. The Hall–Kier alpha value is -1.98. The number of hydrogen-bond acceptors (Lipinski definition) is 3. The molecule has 1 aliphatic heterocycles. The summed E-state index contributed by atoms with van der Waals surface area (Å²) in [7, 11) is 0. The second-order valence-electron chi connectivity index (χ2n) is 6.56. The monoisotopic (exact) mass is 402 g/mol. The lowest BCUT2D eigenvalue weighted by Gasteiger charge is -2.24. The van der Waals surface area contributed by atoms with Crippen molar-refractivity contribution >= 4 is 35.2 Å². The third kappa shape index (κ3) is 5.75. The number of likely N-dealkylation sites (tertiary alicyclic amines) is 1. The van der Waals surface area contributed by atoms with Crippen LogP contribution in [0.25, 0.3) is 0 Å². The third-order valence-corrected chi connectivity index (χ3v) is 6.04. The first kappa shape index (κ1) is 19.8. The highest BCUT2D eigenvalue weighted by atomic mass is 35.5. The molecule has 2 amide bonds. The zero-order valence-electron chi connectivity index (χ0n) is 15.1. The number of thioether (sulfide) groups is 1. The number of amides is 2. The van der Waals surface area contributed by atoms with E-state index in [9.17, 15) is 9.59 Å². The molecule has 1 N–H and O–H groups in total. The van der Waals surface area contributed by atoms with Crippen LogP contribution in [0, 0.1) is 0 Å². The number of rotatable bonds is 7. The van der Waals surface area contributed by atoms with E-state index in [0.717, 1.165) is 36.4 Å². The zero-order valence-corrected chi connectivity index (χ0v) is 16.6. The molecule has 1 unspecified atom stereocenters. The van der Waals surface area contributed by atoms with Crippen LogP contribution in [0.1, 0.15) is 18.4 Å². The number of carbonyl (C=O) groups excluding carboxylic acids is 2. The number of nitrogens with one attached hydrogen (secondary N) is 1. The van der Waals surface area contributed by atoms with Gasteiger partial charge in [-0.1, -0.05) is 54.1 Å². The third-order valence-electron chi connectivity index (χ3n) is 4.53. The minimum Gasteiger partial charge on any atom is -0.343 e. The summed E-state index contributed by atoms with van der Waals surface area (Å²) in [6.07, 6.45) is 2.55. The molecule has 27 heavy (non-hydrogen) atoms. The Morgan fingerprint density at radius 2 is 1.70 bits per heavy atom. The minimum absolute atomic E-state index is 0.00689. The van der Waals surface area contributed by atoms with E-state index < -0.39 is 6.04 Å². The fraction of sp³-hybridized carbons (Fsp3) is 0.333. The van der Waals surface area contributed by atoms with E-state index in [1.165, 1.54) is 11.8 Å². The molecule has 1 atom stereocenters. The summed E-state index contributed by atoms with van der Waals surface area (Å²) in [5.74, 6) is 0.0725. The van der Waals surface area contributed by atoms with Crippen LogP contribution in [-0.4, -0.2) is 41.6 Å². The molecule has 0 aromatic heterocycles. The van der Waals surface area contributed by atoms with Crippen LogP contribution < -0.4 is 5.32 Å². The molecule has 1 heterocycles. The second-order valence-corrected chi connectivity index (χ2v) is 7.99. The highest BCUT2D eigenvalue weighted by molar-refractivity contribution is 8.00. The van der Waals surface area contributed by atoms with Gasteiger partial charge in [0.1, 0.15) is 6.04 Å². The standard InChI is InChI=1S/C21H23ClN2O2S/c22-17-10-4-5-11-19(17)27-15-20(25)23-18(14-16-8-2-1-3-9-16)21(26)24-12-6-7-13-24/h1-5,8-11,18H,6-7,12-15H2,(H,23,25). The molecule has 0 bridgehead atoms. The normalized spacial score (nSPS) is 14.8. The molecule has 2 aromatic rings. The van der Waals surface area contributed by atoms with Crippen molar-refractivity contribution in [2.24, 2.45) is 0 Å². The van der Waals surface area contributed by atoms with Crippen LogP contribution >= 0.6 is 23.4 Å². The summed E-state index contributed by atoms with van der Waals surface area (Å²) in [5.41, 5.74) is 1.04. The van der Waals surface area contributed by atoms with Crippen LogP contribution in [0.3, 0.4) is 0 Å². The SMILES string of the molecule is O=C(CSc1ccccc1Cl)NC(Cc1ccccc1)C(=O)N1CCCC1. The van der Waals surface area contributed by atoms with Gasteiger partial charge in [-0.15, -0.1) is 11.8 Å². The molecule has 0 spiro atoms. The first-order valence-corrected chi connectivity index (χ1v) is 10.5. The molecular formula is C21H23ClN2O2S. The molecule has 0 saturated carbocycles. The molecule has 6 heteroatoms. The predicted octanol–water partition coefficient (Wildman–Crippen LogP) is 3.78. The lowest BCUT2D eigenvalue weighted by Crippen LogP contribution is -2.49. The topological polar surface area (TPSA) is 49.4 Å². The summed E-state index contributed by atoms with van der Waals surface area (Å²) in [6.45, 7) is 1.54. The van der Waals surface area contributed by atoms with Crippen LogP contribution in [0.2, 0.25) is 5.02 Å². The van der Waals surface area contributed by atoms with E-state index in [2.05, 4.69) is 5.32 Å². The van der Waals surface area contributed by atoms with Gasteiger partial charge >= 0.3 is 0 Å². The number of halogens is 1. The fourth-order valence-corrected chi connectivity index (χ4v) is 4.20. The van der Waals surface area contributed by atoms with Crippen molar-refractivity contribution in [1.82, 2.24) is 10.2 Å². The van der Waals surface area contributed by atoms with Crippen molar-refractivity contribution in [3.63, 3.8) is 0 Å². The van der Waals surface area contributed by atoms with Gasteiger partial charge in [0, 0.05) is 24.4 Å². The fourth-order valence-electron chi connectivity index (χ4n) is 3.15. The number of benzene rings is 2. The predicted molar refractivity (Wildman–Crippen MR) is 110 cm³/mol. The highest BCUT2D eigenvalue weighted by Crippen LogP contribution is 2.26. The molecule has 3 rings (SSSR count). The first-order chi connectivity index (χ1) is 13.1. The summed E-state index contributed by atoms with van der Waals surface area (Å²) in [6, 6.07) is 16.7. The van der Waals surface area contributed by atoms with Crippen LogP contribution in [0.4, 0.5) is 0 Å². The highest BCUT2D eigenvalue weighted by Gasteiger charge is 2.28. The molecular weight excluding hydrogens is 380 g/mol. The van der Waals surface area contributed by atoms with E-state index in [4.69, 9.17) is 11.6 Å². The van der Waals surface area contributed by atoms with Gasteiger partial charge in [0.05, 0.1) is 10.8 Å². The number of carbonyl (C=O) groups is 2. The number of hydrogen-bond donors (Lipinski definition) is 1. The van der Waals surface area contributed by atoms with Crippen molar-refractivity contribution in [3.05, 3.63) is 65.2 Å². The molecule has 1 aliphatic rings. The maximum Gasteiger partial charge on any atom is 0.245 e. The average Bonchev–Trinajstić information content (AvgIpc) is 3.22. The van der Waals surface area contributed by atoms with Crippen molar-refractivity contribution < 1.29 is 9.59 Å². The van der Waals surface area contributed by atoms with Crippen molar-refractivity contribution in [2.75, 3.05) is 18.8 Å². The Morgan fingerprint density at radius 1 is 1.04 bits per heavy atom. The zero-order chi connectivity index (χ0) is 19.1. The Bertz CT molecular complexity index is 779. The largest absolute Gasteiger partial charge is 0.343 e. The minimum atomic E-state index is -0.537. The molecule has 0 aliphatic carbocycles. The summed E-state index contributed by atoms with van der Waals surface area (Å²) >= 11 is 7.52. The van der Waals surface area contributed by atoms with Gasteiger partial charge in [0.25, 0.3) is 0 Å². The van der Waals surface area contributed by atoms with E-state index in [1.54, 1.807) is 6.07 Å². The Labute approximate surface area is 169 Å². The van der Waals surface area contributed by atoms with Gasteiger partial charge in [-0.05, 0) is 30.5 Å². The Morgan fingerprint density at radius 3 is 2.41 bits per heavy atom. The van der Waals surface area contributed by atoms with E-state index >= 15 is 0 Å². The van der Waals surface area contributed by atoms with E-state index in [0.29, 0.717) is 11.4 Å². The van der Waals surface area contributed by atoms with Crippen molar-refractivity contribution in [1.29, 1.82) is 0 Å². The maximum absolute atomic E-state index is 12.9. The van der Waals surface area contributed by atoms with Crippen molar-refractivity contribution in [3.8, 4) is 0 Å². The Kier molecular flexibility index (Phi) is 7.18. The van der Waals surface area contributed by atoms with Crippen LogP contribution in [-0.2, 0) is 16.0 Å². The number of nitrogens with zero attached hydrogens (tertiary/aromatic N) is 1. The van der Waals surface area contributed by atoms with E-state index in [-0.39, 0.29) is 17.6 Å². The summed E-state index contributed by atoms with van der Waals surface area (Å²) < 4.78 is 0.